The second-order valence-electron chi connectivity index (χ2n) is 4.48. The summed E-state index contributed by atoms with van der Waals surface area (Å²) in [7, 11) is 1.56. The first-order valence-corrected chi connectivity index (χ1v) is 5.82. The van der Waals surface area contributed by atoms with E-state index in [2.05, 4.69) is 10.4 Å². The minimum Gasteiger partial charge on any atom is -0.391 e. The molecule has 0 aromatic carbocycles. The summed E-state index contributed by atoms with van der Waals surface area (Å²) < 4.78 is 1.30. The second-order valence-corrected chi connectivity index (χ2v) is 4.48. The molecule has 2 unspecified atom stereocenters. The molecule has 7 heteroatoms. The van der Waals surface area contributed by atoms with Gasteiger partial charge in [0.25, 0.3) is 11.8 Å². The third-order valence-corrected chi connectivity index (χ3v) is 3.16. The van der Waals surface area contributed by atoms with Gasteiger partial charge >= 0.3 is 0 Å². The summed E-state index contributed by atoms with van der Waals surface area (Å²) in [6.07, 6.45) is 1.85. The zero-order valence-corrected chi connectivity index (χ0v) is 10.1. The van der Waals surface area contributed by atoms with Crippen LogP contribution in [0.4, 0.5) is 0 Å². The van der Waals surface area contributed by atoms with Gasteiger partial charge in [-0.15, -0.1) is 0 Å². The molecule has 1 aliphatic carbocycles. The van der Waals surface area contributed by atoms with Crippen LogP contribution in [-0.4, -0.2) is 38.8 Å². The van der Waals surface area contributed by atoms with E-state index in [1.165, 1.54) is 10.7 Å². The van der Waals surface area contributed by atoms with Crippen molar-refractivity contribution < 1.29 is 14.7 Å². The number of carbonyl (C=O) groups excluding carboxylic acids is 2. The van der Waals surface area contributed by atoms with Crippen LogP contribution in [0.3, 0.4) is 0 Å². The summed E-state index contributed by atoms with van der Waals surface area (Å²) in [5.74, 6) is -1.03. The first-order chi connectivity index (χ1) is 8.49. The Morgan fingerprint density at radius 2 is 2.28 bits per heavy atom. The number of hydrogen-bond donors (Lipinski definition) is 3. The van der Waals surface area contributed by atoms with Gasteiger partial charge in [-0.2, -0.15) is 5.10 Å². The number of hydrogen-bond acceptors (Lipinski definition) is 4. The molecular formula is C11H16N4O3. The van der Waals surface area contributed by atoms with Gasteiger partial charge in [-0.25, -0.2) is 0 Å². The molecule has 1 aromatic heterocycles. The van der Waals surface area contributed by atoms with Crippen LogP contribution in [0.5, 0.6) is 0 Å². The third kappa shape index (κ3) is 2.35. The molecule has 0 bridgehead atoms. The lowest BCUT2D eigenvalue weighted by Gasteiger charge is -2.16. The number of rotatable bonds is 3. The van der Waals surface area contributed by atoms with Gasteiger partial charge in [0.2, 0.25) is 0 Å². The van der Waals surface area contributed by atoms with Gasteiger partial charge in [-0.1, -0.05) is 0 Å². The lowest BCUT2D eigenvalue weighted by Crippen LogP contribution is -2.40. The molecule has 2 atom stereocenters. The van der Waals surface area contributed by atoms with Crippen molar-refractivity contribution in [3.63, 3.8) is 0 Å². The maximum Gasteiger partial charge on any atom is 0.269 e. The molecule has 1 saturated carbocycles. The van der Waals surface area contributed by atoms with Crippen LogP contribution in [0.2, 0.25) is 0 Å². The Bertz CT molecular complexity index is 483. The Balaban J connectivity index is 2.11. The van der Waals surface area contributed by atoms with Crippen molar-refractivity contribution in [3.05, 3.63) is 17.5 Å². The lowest BCUT2D eigenvalue weighted by molar-refractivity contribution is 0.0864. The van der Waals surface area contributed by atoms with Crippen molar-refractivity contribution in [3.8, 4) is 0 Å². The molecule has 4 N–H and O–H groups in total. The van der Waals surface area contributed by atoms with Crippen LogP contribution in [-0.2, 0) is 7.05 Å². The number of amides is 2. The number of nitrogens with one attached hydrogen (secondary N) is 1. The van der Waals surface area contributed by atoms with Crippen molar-refractivity contribution in [2.24, 2.45) is 12.8 Å². The number of aromatic nitrogens is 2. The van der Waals surface area contributed by atoms with Crippen molar-refractivity contribution in [1.29, 1.82) is 0 Å². The monoisotopic (exact) mass is 252 g/mol. The Hall–Kier alpha value is -1.89. The summed E-state index contributed by atoms with van der Waals surface area (Å²) in [5, 5.41) is 16.2. The first kappa shape index (κ1) is 12.6. The molecule has 2 rings (SSSR count). The maximum atomic E-state index is 12.0. The number of primary amides is 1. The molecule has 1 aromatic rings. The molecule has 1 heterocycles. The highest BCUT2D eigenvalue weighted by molar-refractivity contribution is 5.97. The predicted molar refractivity (Wildman–Crippen MR) is 62.8 cm³/mol. The lowest BCUT2D eigenvalue weighted by atomic mass is 10.2. The second kappa shape index (κ2) is 4.77. The van der Waals surface area contributed by atoms with E-state index in [4.69, 9.17) is 5.73 Å². The maximum absolute atomic E-state index is 12.0. The summed E-state index contributed by atoms with van der Waals surface area (Å²) in [4.78, 5) is 22.9. The molecule has 0 saturated heterocycles. The average molecular weight is 252 g/mol. The molecule has 0 radical (unpaired) electrons. The van der Waals surface area contributed by atoms with Gasteiger partial charge in [0.15, 0.2) is 5.69 Å². The van der Waals surface area contributed by atoms with Gasteiger partial charge in [0.05, 0.1) is 12.1 Å². The van der Waals surface area contributed by atoms with E-state index < -0.39 is 12.0 Å². The van der Waals surface area contributed by atoms with Gasteiger partial charge < -0.3 is 16.2 Å². The fourth-order valence-electron chi connectivity index (χ4n) is 2.15. The summed E-state index contributed by atoms with van der Waals surface area (Å²) >= 11 is 0. The van der Waals surface area contributed by atoms with Gasteiger partial charge in [-0.05, 0) is 19.3 Å². The van der Waals surface area contributed by atoms with E-state index in [0.29, 0.717) is 6.42 Å². The third-order valence-electron chi connectivity index (χ3n) is 3.16. The van der Waals surface area contributed by atoms with Crippen LogP contribution in [0.15, 0.2) is 6.07 Å². The van der Waals surface area contributed by atoms with E-state index in [9.17, 15) is 14.7 Å². The van der Waals surface area contributed by atoms with Crippen LogP contribution < -0.4 is 11.1 Å². The van der Waals surface area contributed by atoms with Crippen LogP contribution in [0, 0.1) is 0 Å². The number of aryl methyl sites for hydroxylation is 1. The van der Waals surface area contributed by atoms with E-state index in [0.717, 1.165) is 12.8 Å². The minimum atomic E-state index is -0.675. The highest BCUT2D eigenvalue weighted by Gasteiger charge is 2.28. The normalized spacial score (nSPS) is 23.0. The van der Waals surface area contributed by atoms with E-state index in [-0.39, 0.29) is 23.3 Å². The van der Waals surface area contributed by atoms with E-state index >= 15 is 0 Å². The Kier molecular flexibility index (Phi) is 3.33. The largest absolute Gasteiger partial charge is 0.391 e. The highest BCUT2D eigenvalue weighted by atomic mass is 16.3. The van der Waals surface area contributed by atoms with Gasteiger partial charge in [0, 0.05) is 13.1 Å². The molecule has 2 amide bonds. The van der Waals surface area contributed by atoms with Crippen LogP contribution in [0.1, 0.15) is 40.2 Å². The molecular weight excluding hydrogens is 236 g/mol. The van der Waals surface area contributed by atoms with Crippen LogP contribution >= 0.6 is 0 Å². The standard InChI is InChI=1S/C11H16N4O3/c1-15-8(5-7(14-15)10(12)17)11(18)13-6-3-2-4-9(6)16/h5-6,9,16H,2-4H2,1H3,(H2,12,17)(H,13,18). The van der Waals surface area contributed by atoms with Crippen molar-refractivity contribution in [2.75, 3.05) is 0 Å². The highest BCUT2D eigenvalue weighted by Crippen LogP contribution is 2.19. The summed E-state index contributed by atoms with van der Waals surface area (Å²) in [5.41, 5.74) is 5.40. The molecule has 1 fully saturated rings. The summed E-state index contributed by atoms with van der Waals surface area (Å²) in [6, 6.07) is 1.11. The van der Waals surface area contributed by atoms with Crippen molar-refractivity contribution >= 4 is 11.8 Å². The molecule has 98 valence electrons. The fraction of sp³-hybridized carbons (Fsp3) is 0.545. The zero-order valence-electron chi connectivity index (χ0n) is 10.1. The number of aliphatic hydroxyl groups excluding tert-OH is 1. The SMILES string of the molecule is Cn1nc(C(N)=O)cc1C(=O)NC1CCCC1O. The smallest absolute Gasteiger partial charge is 0.269 e. The summed E-state index contributed by atoms with van der Waals surface area (Å²) in [6.45, 7) is 0. The Labute approximate surface area is 104 Å². The van der Waals surface area contributed by atoms with Crippen LogP contribution in [0.25, 0.3) is 0 Å². The number of carbonyl (C=O) groups is 2. The van der Waals surface area contributed by atoms with Crippen molar-refractivity contribution in [1.82, 2.24) is 15.1 Å². The predicted octanol–water partition coefficient (Wildman–Crippen LogP) is -0.838. The molecule has 1 aliphatic rings. The van der Waals surface area contributed by atoms with E-state index in [1.54, 1.807) is 7.05 Å². The molecule has 18 heavy (non-hydrogen) atoms. The minimum absolute atomic E-state index is 0.0506. The fourth-order valence-corrected chi connectivity index (χ4v) is 2.15. The Morgan fingerprint density at radius 3 is 2.78 bits per heavy atom. The Morgan fingerprint density at radius 1 is 1.56 bits per heavy atom. The quantitative estimate of drug-likeness (QED) is 0.651. The van der Waals surface area contributed by atoms with Gasteiger partial charge in [0.1, 0.15) is 5.69 Å². The zero-order chi connectivity index (χ0) is 13.3. The van der Waals surface area contributed by atoms with E-state index in [1.807, 2.05) is 0 Å². The number of aliphatic hydroxyl groups is 1. The first-order valence-electron chi connectivity index (χ1n) is 5.82. The topological polar surface area (TPSA) is 110 Å². The molecule has 0 aliphatic heterocycles. The van der Waals surface area contributed by atoms with Gasteiger partial charge in [-0.3, -0.25) is 14.3 Å². The molecule has 7 nitrogen and oxygen atoms in total. The number of nitrogens with two attached hydrogens (primary N) is 1. The van der Waals surface area contributed by atoms with Crippen molar-refractivity contribution in [2.45, 2.75) is 31.4 Å². The molecule has 0 spiro atoms. The number of nitrogens with zero attached hydrogens (tertiary/aromatic N) is 2. The average Bonchev–Trinajstić information content (AvgIpc) is 2.86.